The number of nitrogens with zero attached hydrogens (tertiary/aromatic N) is 1. The maximum Gasteiger partial charge on any atom is 0.304 e. The third-order valence-electron chi connectivity index (χ3n) is 2.42. The summed E-state index contributed by atoms with van der Waals surface area (Å²) >= 11 is 6.83. The van der Waals surface area contributed by atoms with Gasteiger partial charge in [0, 0.05) is 23.2 Å². The van der Waals surface area contributed by atoms with E-state index >= 15 is 0 Å². The van der Waals surface area contributed by atoms with Gasteiger partial charge in [0.15, 0.2) is 0 Å². The third-order valence-corrected chi connectivity index (χ3v) is 3.46. The molecule has 20 heavy (non-hydrogen) atoms. The molecule has 1 aromatic carbocycles. The fourth-order valence-corrected chi connectivity index (χ4v) is 2.26. The van der Waals surface area contributed by atoms with Gasteiger partial charge < -0.3 is 10.3 Å². The minimum atomic E-state index is -0.608. The SMILES string of the molecule is O=C(NCc1csc(=O)[nH]1)c1cc([N+](=O)[O-])ccc1Cl. The lowest BCUT2D eigenvalue weighted by Gasteiger charge is -2.05. The number of halogens is 1. The van der Waals surface area contributed by atoms with Crippen molar-refractivity contribution in [2.75, 3.05) is 0 Å². The number of hydrogen-bond acceptors (Lipinski definition) is 5. The van der Waals surface area contributed by atoms with Gasteiger partial charge in [-0.2, -0.15) is 0 Å². The summed E-state index contributed by atoms with van der Waals surface area (Å²) < 4.78 is 0. The Balaban J connectivity index is 2.14. The molecular formula is C11H8ClN3O4S. The summed E-state index contributed by atoms with van der Waals surface area (Å²) in [5.74, 6) is -0.550. The molecule has 2 aromatic rings. The molecule has 0 saturated heterocycles. The summed E-state index contributed by atoms with van der Waals surface area (Å²) in [4.78, 5) is 35.2. The molecule has 1 heterocycles. The topological polar surface area (TPSA) is 105 Å². The van der Waals surface area contributed by atoms with Crippen LogP contribution in [-0.4, -0.2) is 15.8 Å². The van der Waals surface area contributed by atoms with Crippen LogP contribution in [0.3, 0.4) is 0 Å². The number of thiazole rings is 1. The van der Waals surface area contributed by atoms with Crippen molar-refractivity contribution in [1.29, 1.82) is 0 Å². The molecule has 0 radical (unpaired) electrons. The molecule has 0 atom stereocenters. The maximum absolute atomic E-state index is 11.9. The van der Waals surface area contributed by atoms with Crippen LogP contribution < -0.4 is 10.2 Å². The number of rotatable bonds is 4. The van der Waals surface area contributed by atoms with E-state index in [9.17, 15) is 19.7 Å². The summed E-state index contributed by atoms with van der Waals surface area (Å²) in [6, 6.07) is 3.62. The lowest BCUT2D eigenvalue weighted by molar-refractivity contribution is -0.384. The number of carbonyl (C=O) groups is 1. The molecule has 2 N–H and O–H groups in total. The number of H-pyrrole nitrogens is 1. The van der Waals surface area contributed by atoms with Crippen molar-refractivity contribution in [1.82, 2.24) is 10.3 Å². The first-order valence-corrected chi connectivity index (χ1v) is 6.62. The number of amides is 1. The monoisotopic (exact) mass is 313 g/mol. The summed E-state index contributed by atoms with van der Waals surface area (Å²) in [7, 11) is 0. The van der Waals surface area contributed by atoms with Gasteiger partial charge in [0.05, 0.1) is 22.1 Å². The van der Waals surface area contributed by atoms with Crippen LogP contribution in [0.2, 0.25) is 5.02 Å². The highest BCUT2D eigenvalue weighted by Gasteiger charge is 2.15. The molecule has 0 aliphatic carbocycles. The molecule has 1 aromatic heterocycles. The fourth-order valence-electron chi connectivity index (χ4n) is 1.47. The lowest BCUT2D eigenvalue weighted by Crippen LogP contribution is -2.23. The van der Waals surface area contributed by atoms with Crippen LogP contribution in [0, 0.1) is 10.1 Å². The van der Waals surface area contributed by atoms with Crippen molar-refractivity contribution in [3.05, 3.63) is 59.6 Å². The van der Waals surface area contributed by atoms with Crippen LogP contribution >= 0.6 is 22.9 Å². The Kier molecular flexibility index (Phi) is 4.16. The van der Waals surface area contributed by atoms with E-state index in [2.05, 4.69) is 10.3 Å². The van der Waals surface area contributed by atoms with Crippen LogP contribution in [0.25, 0.3) is 0 Å². The first-order chi connectivity index (χ1) is 9.47. The van der Waals surface area contributed by atoms with Crippen molar-refractivity contribution in [2.24, 2.45) is 0 Å². The molecule has 9 heteroatoms. The summed E-state index contributed by atoms with van der Waals surface area (Å²) in [6.45, 7) is 0.108. The quantitative estimate of drug-likeness (QED) is 0.664. The average Bonchev–Trinajstić information content (AvgIpc) is 2.82. The third kappa shape index (κ3) is 3.22. The van der Waals surface area contributed by atoms with Crippen molar-refractivity contribution >= 4 is 34.5 Å². The summed E-state index contributed by atoms with van der Waals surface area (Å²) in [5, 5.41) is 14.9. The predicted octanol–water partition coefficient (Wildman–Crippen LogP) is 1.93. The van der Waals surface area contributed by atoms with E-state index in [0.717, 1.165) is 17.4 Å². The zero-order valence-corrected chi connectivity index (χ0v) is 11.5. The second-order valence-electron chi connectivity index (χ2n) is 3.78. The van der Waals surface area contributed by atoms with E-state index in [1.54, 1.807) is 5.38 Å². The Morgan fingerprint density at radius 3 is 2.85 bits per heavy atom. The van der Waals surface area contributed by atoms with Gasteiger partial charge in [-0.3, -0.25) is 19.7 Å². The van der Waals surface area contributed by atoms with Gasteiger partial charge in [-0.25, -0.2) is 0 Å². The zero-order valence-electron chi connectivity index (χ0n) is 9.88. The van der Waals surface area contributed by atoms with Gasteiger partial charge in [-0.1, -0.05) is 22.9 Å². The minimum absolute atomic E-state index is 0.0124. The largest absolute Gasteiger partial charge is 0.346 e. The van der Waals surface area contributed by atoms with Gasteiger partial charge in [-0.15, -0.1) is 0 Å². The number of aromatic nitrogens is 1. The second-order valence-corrected chi connectivity index (χ2v) is 5.03. The number of hydrogen-bond donors (Lipinski definition) is 2. The van der Waals surface area contributed by atoms with Crippen LogP contribution in [0.1, 0.15) is 16.1 Å². The second kappa shape index (κ2) is 5.85. The maximum atomic E-state index is 11.9. The van der Waals surface area contributed by atoms with Crippen molar-refractivity contribution in [3.8, 4) is 0 Å². The number of nitro benzene ring substituents is 1. The molecular weight excluding hydrogens is 306 g/mol. The number of aromatic amines is 1. The van der Waals surface area contributed by atoms with Crippen LogP contribution in [0.4, 0.5) is 5.69 Å². The average molecular weight is 314 g/mol. The Morgan fingerprint density at radius 1 is 1.50 bits per heavy atom. The first kappa shape index (κ1) is 14.2. The molecule has 0 aliphatic heterocycles. The molecule has 0 fully saturated rings. The highest BCUT2D eigenvalue weighted by atomic mass is 35.5. The van der Waals surface area contributed by atoms with Crippen molar-refractivity contribution < 1.29 is 9.72 Å². The molecule has 1 amide bonds. The first-order valence-electron chi connectivity index (χ1n) is 5.36. The van der Waals surface area contributed by atoms with E-state index < -0.39 is 10.8 Å². The molecule has 2 rings (SSSR count). The normalized spacial score (nSPS) is 10.2. The minimum Gasteiger partial charge on any atom is -0.346 e. The standard InChI is InChI=1S/C11H8ClN3O4S/c12-9-2-1-7(15(18)19)3-8(9)10(16)13-4-6-5-20-11(17)14-6/h1-3,5H,4H2,(H,13,16)(H,14,17). The van der Waals surface area contributed by atoms with Crippen LogP contribution in [0.5, 0.6) is 0 Å². The Morgan fingerprint density at radius 2 is 2.25 bits per heavy atom. The predicted molar refractivity (Wildman–Crippen MR) is 74.2 cm³/mol. The Bertz CT molecular complexity index is 724. The molecule has 0 spiro atoms. The molecule has 0 bridgehead atoms. The van der Waals surface area contributed by atoms with Crippen LogP contribution in [0.15, 0.2) is 28.4 Å². The smallest absolute Gasteiger partial charge is 0.304 e. The lowest BCUT2D eigenvalue weighted by atomic mass is 10.2. The molecule has 0 aliphatic rings. The molecule has 7 nitrogen and oxygen atoms in total. The van der Waals surface area contributed by atoms with E-state index in [1.165, 1.54) is 12.1 Å². The van der Waals surface area contributed by atoms with E-state index in [0.29, 0.717) is 5.69 Å². The number of benzene rings is 1. The van der Waals surface area contributed by atoms with E-state index in [4.69, 9.17) is 11.6 Å². The highest BCUT2D eigenvalue weighted by molar-refractivity contribution is 7.07. The number of nitro groups is 1. The van der Waals surface area contributed by atoms with Gasteiger partial charge in [-0.05, 0) is 6.07 Å². The Labute approximate surface area is 121 Å². The number of nitrogens with one attached hydrogen (secondary N) is 2. The van der Waals surface area contributed by atoms with Gasteiger partial charge in [0.25, 0.3) is 11.6 Å². The van der Waals surface area contributed by atoms with Gasteiger partial charge in [0.1, 0.15) is 0 Å². The van der Waals surface area contributed by atoms with E-state index in [-0.39, 0.29) is 27.7 Å². The van der Waals surface area contributed by atoms with Crippen molar-refractivity contribution in [3.63, 3.8) is 0 Å². The fraction of sp³-hybridized carbons (Fsp3) is 0.0909. The summed E-state index contributed by atoms with van der Waals surface area (Å²) in [6.07, 6.45) is 0. The highest BCUT2D eigenvalue weighted by Crippen LogP contribution is 2.21. The number of non-ortho nitro benzene ring substituents is 1. The molecule has 0 unspecified atom stereocenters. The molecule has 104 valence electrons. The summed E-state index contributed by atoms with van der Waals surface area (Å²) in [5.41, 5.74) is 0.344. The van der Waals surface area contributed by atoms with Gasteiger partial charge in [0.2, 0.25) is 0 Å². The Hall–Kier alpha value is -2.19. The van der Waals surface area contributed by atoms with Gasteiger partial charge >= 0.3 is 4.87 Å². The van der Waals surface area contributed by atoms with E-state index in [1.807, 2.05) is 0 Å². The zero-order chi connectivity index (χ0) is 14.7. The molecule has 0 saturated carbocycles. The number of carbonyl (C=O) groups excluding carboxylic acids is 1. The van der Waals surface area contributed by atoms with Crippen LogP contribution in [-0.2, 0) is 6.54 Å². The van der Waals surface area contributed by atoms with Crippen molar-refractivity contribution in [2.45, 2.75) is 6.54 Å².